The topological polar surface area (TPSA) is 62.3 Å². The van der Waals surface area contributed by atoms with Gasteiger partial charge >= 0.3 is 0 Å². The van der Waals surface area contributed by atoms with Crippen LogP contribution in [0.2, 0.25) is 10.0 Å². The maximum atomic E-state index is 13.2. The largest absolute Gasteiger partial charge is 0.302 e. The molecule has 9 heteroatoms. The first kappa shape index (κ1) is 22.3. The third kappa shape index (κ3) is 5.13. The van der Waals surface area contributed by atoms with Gasteiger partial charge < -0.3 is 5.32 Å². The summed E-state index contributed by atoms with van der Waals surface area (Å²) in [5.41, 5.74) is 1.74. The molecule has 1 N–H and O–H groups in total. The number of benzene rings is 2. The third-order valence-electron chi connectivity index (χ3n) is 5.30. The number of piperidine rings is 1. The Morgan fingerprint density at radius 2 is 1.65 bits per heavy atom. The van der Waals surface area contributed by atoms with Crippen LogP contribution in [0.4, 0.5) is 5.13 Å². The van der Waals surface area contributed by atoms with E-state index in [-0.39, 0.29) is 11.8 Å². The molecule has 1 unspecified atom stereocenters. The summed E-state index contributed by atoms with van der Waals surface area (Å²) in [6.07, 6.45) is 1.22. The number of hydrogen-bond donors (Lipinski definition) is 1. The highest BCUT2D eigenvalue weighted by Gasteiger charge is 2.29. The highest BCUT2D eigenvalue weighted by molar-refractivity contribution is 7.98. The first-order chi connectivity index (χ1) is 14.8. The normalized spacial score (nSPS) is 17.2. The fraction of sp³-hybridized carbons (Fsp3) is 0.227. The molecule has 0 radical (unpaired) electrons. The summed E-state index contributed by atoms with van der Waals surface area (Å²) in [7, 11) is -2.59. The Labute approximate surface area is 196 Å². The van der Waals surface area contributed by atoms with Gasteiger partial charge in [0.15, 0.2) is 5.13 Å². The van der Waals surface area contributed by atoms with Gasteiger partial charge in [-0.3, -0.25) is 4.79 Å². The van der Waals surface area contributed by atoms with Crippen LogP contribution in [0, 0.1) is 5.92 Å². The monoisotopic (exact) mass is 493 g/mol. The summed E-state index contributed by atoms with van der Waals surface area (Å²) in [6.45, 7) is 1.08. The molecular weight excluding hydrogens is 473 g/mol. The SMILES string of the molecule is C=S(=O)(c1ccc(Cl)cc1)N1CCC(C(=O)Nc2nc(-c3ccc(Cl)cc3)cs2)CC1. The van der Waals surface area contributed by atoms with Crippen molar-refractivity contribution in [3.05, 3.63) is 64.0 Å². The minimum atomic E-state index is -2.59. The molecule has 1 aromatic heterocycles. The summed E-state index contributed by atoms with van der Waals surface area (Å²) < 4.78 is 15.1. The third-order valence-corrected chi connectivity index (χ3v) is 8.77. The van der Waals surface area contributed by atoms with Gasteiger partial charge in [0, 0.05) is 44.9 Å². The molecule has 0 saturated carbocycles. The molecule has 162 valence electrons. The van der Waals surface area contributed by atoms with E-state index in [1.165, 1.54) is 11.3 Å². The van der Waals surface area contributed by atoms with Crippen molar-refractivity contribution in [2.75, 3.05) is 18.4 Å². The van der Waals surface area contributed by atoms with Gasteiger partial charge in [0.25, 0.3) is 0 Å². The van der Waals surface area contributed by atoms with Crippen LogP contribution in [0.5, 0.6) is 0 Å². The van der Waals surface area contributed by atoms with Crippen LogP contribution in [-0.4, -0.2) is 38.4 Å². The number of rotatable bonds is 5. The molecule has 1 atom stereocenters. The van der Waals surface area contributed by atoms with Crippen LogP contribution in [0.3, 0.4) is 0 Å². The van der Waals surface area contributed by atoms with Gasteiger partial charge in [0.05, 0.1) is 15.4 Å². The van der Waals surface area contributed by atoms with Crippen LogP contribution in [0.15, 0.2) is 58.8 Å². The number of carbonyl (C=O) groups excluding carboxylic acids is 1. The van der Waals surface area contributed by atoms with Crippen molar-refractivity contribution in [2.45, 2.75) is 17.7 Å². The first-order valence-electron chi connectivity index (χ1n) is 9.73. The molecule has 5 nitrogen and oxygen atoms in total. The van der Waals surface area contributed by atoms with Crippen molar-refractivity contribution in [3.63, 3.8) is 0 Å². The van der Waals surface area contributed by atoms with E-state index in [2.05, 4.69) is 16.2 Å². The number of halogens is 2. The number of amides is 1. The van der Waals surface area contributed by atoms with Gasteiger partial charge in [0.1, 0.15) is 0 Å². The summed E-state index contributed by atoms with van der Waals surface area (Å²) in [5, 5.41) is 6.67. The standard InChI is InChI=1S/C22H21Cl2N3O2S2/c1-31(29,19-8-6-18(24)7-9-19)27-12-10-16(11-13-27)21(28)26-22-25-20(14-30-22)15-2-4-17(23)5-3-15/h2-9,14,16H,1,10-13H2,(H,25,26,28). The number of carbonyl (C=O) groups is 1. The lowest BCUT2D eigenvalue weighted by Gasteiger charge is -2.33. The molecule has 1 fully saturated rings. The second-order valence-electron chi connectivity index (χ2n) is 7.33. The molecule has 2 aromatic carbocycles. The van der Waals surface area contributed by atoms with E-state index in [4.69, 9.17) is 23.2 Å². The Kier molecular flexibility index (Phi) is 6.69. The second-order valence-corrected chi connectivity index (χ2v) is 11.3. The van der Waals surface area contributed by atoms with Crippen LogP contribution in [0.1, 0.15) is 12.8 Å². The van der Waals surface area contributed by atoms with Crippen LogP contribution in [0.25, 0.3) is 11.3 Å². The van der Waals surface area contributed by atoms with Crippen molar-refractivity contribution < 1.29 is 9.00 Å². The molecule has 2 heterocycles. The van der Waals surface area contributed by atoms with Crippen molar-refractivity contribution in [3.8, 4) is 11.3 Å². The zero-order chi connectivity index (χ0) is 22.0. The van der Waals surface area contributed by atoms with Gasteiger partial charge in [-0.1, -0.05) is 35.3 Å². The van der Waals surface area contributed by atoms with Gasteiger partial charge in [-0.15, -0.1) is 11.3 Å². The maximum Gasteiger partial charge on any atom is 0.229 e. The molecular formula is C22H21Cl2N3O2S2. The molecule has 1 amide bonds. The minimum absolute atomic E-state index is 0.0567. The molecule has 0 spiro atoms. The number of nitrogens with one attached hydrogen (secondary N) is 1. The number of hydrogen-bond acceptors (Lipinski definition) is 4. The van der Waals surface area contributed by atoms with Gasteiger partial charge in [0.2, 0.25) is 5.91 Å². The average Bonchev–Trinajstić information content (AvgIpc) is 3.23. The summed E-state index contributed by atoms with van der Waals surface area (Å²) in [5.74, 6) is 3.75. The Bertz CT molecular complexity index is 1170. The number of aromatic nitrogens is 1. The molecule has 0 bridgehead atoms. The van der Waals surface area contributed by atoms with Crippen LogP contribution >= 0.6 is 34.5 Å². The molecule has 1 saturated heterocycles. The highest BCUT2D eigenvalue weighted by Crippen LogP contribution is 2.28. The molecule has 1 aliphatic rings. The smallest absolute Gasteiger partial charge is 0.229 e. The Morgan fingerprint density at radius 1 is 1.06 bits per heavy atom. The van der Waals surface area contributed by atoms with Gasteiger partial charge in [-0.2, -0.15) is 0 Å². The van der Waals surface area contributed by atoms with E-state index in [1.807, 2.05) is 34.0 Å². The molecule has 3 aromatic rings. The predicted octanol–water partition coefficient (Wildman–Crippen LogP) is 5.46. The van der Waals surface area contributed by atoms with E-state index < -0.39 is 9.71 Å². The summed E-state index contributed by atoms with van der Waals surface area (Å²) in [4.78, 5) is 17.9. The van der Waals surface area contributed by atoms with Crippen LogP contribution < -0.4 is 5.32 Å². The quantitative estimate of drug-likeness (QED) is 0.480. The van der Waals surface area contributed by atoms with Crippen molar-refractivity contribution in [1.82, 2.24) is 9.29 Å². The summed E-state index contributed by atoms with van der Waals surface area (Å²) in [6, 6.07) is 14.3. The van der Waals surface area contributed by atoms with Crippen molar-refractivity contribution in [2.24, 2.45) is 5.92 Å². The number of thiazole rings is 1. The predicted molar refractivity (Wildman–Crippen MR) is 130 cm³/mol. The van der Waals surface area contributed by atoms with E-state index >= 15 is 0 Å². The Balaban J connectivity index is 1.35. The molecule has 31 heavy (non-hydrogen) atoms. The van der Waals surface area contributed by atoms with E-state index in [0.29, 0.717) is 46.0 Å². The van der Waals surface area contributed by atoms with Gasteiger partial charge in [-0.05, 0) is 55.1 Å². The average molecular weight is 494 g/mol. The van der Waals surface area contributed by atoms with E-state index in [0.717, 1.165) is 11.3 Å². The maximum absolute atomic E-state index is 13.2. The zero-order valence-corrected chi connectivity index (χ0v) is 19.7. The first-order valence-corrected chi connectivity index (χ1v) is 13.0. The summed E-state index contributed by atoms with van der Waals surface area (Å²) >= 11 is 13.3. The molecule has 1 aliphatic heterocycles. The number of anilines is 1. The van der Waals surface area contributed by atoms with E-state index in [9.17, 15) is 9.00 Å². The second kappa shape index (κ2) is 9.30. The van der Waals surface area contributed by atoms with Crippen LogP contribution in [-0.2, 0) is 14.5 Å². The lowest BCUT2D eigenvalue weighted by atomic mass is 9.97. The molecule has 0 aliphatic carbocycles. The lowest BCUT2D eigenvalue weighted by molar-refractivity contribution is -0.120. The van der Waals surface area contributed by atoms with Crippen molar-refractivity contribution in [1.29, 1.82) is 0 Å². The Morgan fingerprint density at radius 3 is 2.26 bits per heavy atom. The minimum Gasteiger partial charge on any atom is -0.302 e. The van der Waals surface area contributed by atoms with Crippen molar-refractivity contribution >= 4 is 61.2 Å². The number of nitrogens with zero attached hydrogens (tertiary/aromatic N) is 2. The van der Waals surface area contributed by atoms with E-state index in [1.54, 1.807) is 24.3 Å². The fourth-order valence-corrected chi connectivity index (χ4v) is 6.14. The zero-order valence-electron chi connectivity index (χ0n) is 16.6. The lowest BCUT2D eigenvalue weighted by Crippen LogP contribution is -2.41. The highest BCUT2D eigenvalue weighted by atomic mass is 35.5. The fourth-order valence-electron chi connectivity index (χ4n) is 3.50. The van der Waals surface area contributed by atoms with Gasteiger partial charge in [-0.25, -0.2) is 13.5 Å². The Hall–Kier alpha value is -1.90. The molecule has 4 rings (SSSR count).